The van der Waals surface area contributed by atoms with Crippen LogP contribution in [0.5, 0.6) is 0 Å². The number of hydrogen-bond acceptors (Lipinski definition) is 4. The van der Waals surface area contributed by atoms with Crippen molar-refractivity contribution in [3.05, 3.63) is 24.3 Å². The minimum Gasteiger partial charge on any atom is -0.352 e. The molecular formula is C21H24N4O3. The zero-order chi connectivity index (χ0) is 20.1. The Morgan fingerprint density at radius 3 is 2.75 bits per heavy atom. The molecule has 1 N–H and O–H groups in total. The van der Waals surface area contributed by atoms with E-state index in [1.54, 1.807) is 29.2 Å². The summed E-state index contributed by atoms with van der Waals surface area (Å²) in [5.74, 6) is 1.55. The summed E-state index contributed by atoms with van der Waals surface area (Å²) in [6.45, 7) is 1.17. The standard InChI is InChI=1S/C21H24N4O3/c1-2-3-4-5-6-9-23-19(27)16-10-17(12-22)25(13-16)20(28)18-11-21(7-8-21)14-24(18)15-26/h1,3-6,15-18H,7-11,13-14H2,(H,23,27)/b4-3-,6-5-. The van der Waals surface area contributed by atoms with Crippen molar-refractivity contribution >= 4 is 18.2 Å². The largest absolute Gasteiger partial charge is 0.352 e. The maximum atomic E-state index is 13.0. The molecule has 3 unspecified atom stereocenters. The molecular weight excluding hydrogens is 356 g/mol. The van der Waals surface area contributed by atoms with Crippen LogP contribution in [0.1, 0.15) is 25.7 Å². The highest BCUT2D eigenvalue weighted by Crippen LogP contribution is 2.54. The second-order valence-electron chi connectivity index (χ2n) is 7.76. The number of rotatable bonds is 6. The number of carbonyl (C=O) groups excluding carboxylic acids is 3. The van der Waals surface area contributed by atoms with Crippen LogP contribution < -0.4 is 5.32 Å². The molecule has 0 aromatic heterocycles. The average Bonchev–Trinajstić information content (AvgIpc) is 3.16. The Bertz CT molecular complexity index is 784. The Balaban J connectivity index is 1.58. The van der Waals surface area contributed by atoms with Crippen molar-refractivity contribution in [1.29, 1.82) is 5.26 Å². The lowest BCUT2D eigenvalue weighted by Gasteiger charge is -2.27. The number of amides is 3. The third kappa shape index (κ3) is 4.09. The lowest BCUT2D eigenvalue weighted by molar-refractivity contribution is -0.139. The smallest absolute Gasteiger partial charge is 0.246 e. The van der Waals surface area contributed by atoms with E-state index in [1.807, 2.05) is 0 Å². The van der Waals surface area contributed by atoms with Crippen LogP contribution >= 0.6 is 0 Å². The van der Waals surface area contributed by atoms with Crippen LogP contribution in [0.4, 0.5) is 0 Å². The van der Waals surface area contributed by atoms with Crippen LogP contribution in [0.15, 0.2) is 24.3 Å². The van der Waals surface area contributed by atoms with Gasteiger partial charge in [-0.1, -0.05) is 24.1 Å². The van der Waals surface area contributed by atoms with Crippen molar-refractivity contribution in [3.63, 3.8) is 0 Å². The highest BCUT2D eigenvalue weighted by molar-refractivity contribution is 5.87. The van der Waals surface area contributed by atoms with E-state index in [4.69, 9.17) is 6.42 Å². The number of allylic oxidation sites excluding steroid dienone is 3. The first kappa shape index (κ1) is 19.7. The molecule has 1 aliphatic carbocycles. The quantitative estimate of drug-likeness (QED) is 0.415. The predicted molar refractivity (Wildman–Crippen MR) is 102 cm³/mol. The third-order valence-electron chi connectivity index (χ3n) is 5.86. The Hall–Kier alpha value is -3.06. The molecule has 1 saturated carbocycles. The Labute approximate surface area is 165 Å². The SMILES string of the molecule is C#C/C=C\C=C/CNC(=O)C1CC(C#N)N(C(=O)C2CC3(CC3)CN2C=O)C1. The lowest BCUT2D eigenvalue weighted by Crippen LogP contribution is -2.47. The lowest BCUT2D eigenvalue weighted by atomic mass is 10.0. The van der Waals surface area contributed by atoms with Gasteiger partial charge in [0.15, 0.2) is 0 Å². The van der Waals surface area contributed by atoms with Crippen LogP contribution in [0.2, 0.25) is 0 Å². The average molecular weight is 380 g/mol. The number of terminal acetylenes is 1. The highest BCUT2D eigenvalue weighted by atomic mass is 16.2. The van der Waals surface area contributed by atoms with Crippen LogP contribution in [0, 0.1) is 35.0 Å². The van der Waals surface area contributed by atoms with E-state index in [-0.39, 0.29) is 23.8 Å². The summed E-state index contributed by atoms with van der Waals surface area (Å²) < 4.78 is 0. The van der Waals surface area contributed by atoms with Gasteiger partial charge in [-0.3, -0.25) is 14.4 Å². The molecule has 7 heteroatoms. The van der Waals surface area contributed by atoms with E-state index in [9.17, 15) is 19.6 Å². The predicted octanol–water partition coefficient (Wildman–Crippen LogP) is 0.600. The molecule has 3 fully saturated rings. The number of likely N-dealkylation sites (tertiary alicyclic amines) is 2. The number of nitriles is 1. The molecule has 1 spiro atoms. The van der Waals surface area contributed by atoms with Gasteiger partial charge < -0.3 is 15.1 Å². The van der Waals surface area contributed by atoms with Crippen molar-refractivity contribution < 1.29 is 14.4 Å². The topological polar surface area (TPSA) is 93.5 Å². The minimum atomic E-state index is -0.637. The fourth-order valence-electron chi connectivity index (χ4n) is 4.11. The molecule has 3 atom stereocenters. The fourth-order valence-corrected chi connectivity index (χ4v) is 4.11. The molecule has 2 saturated heterocycles. The van der Waals surface area contributed by atoms with Gasteiger partial charge in [-0.15, -0.1) is 6.42 Å². The number of carbonyl (C=O) groups is 3. The second-order valence-corrected chi connectivity index (χ2v) is 7.76. The van der Waals surface area contributed by atoms with Gasteiger partial charge in [-0.05, 0) is 37.2 Å². The number of nitrogens with one attached hydrogen (secondary N) is 1. The van der Waals surface area contributed by atoms with Crippen LogP contribution in [0.25, 0.3) is 0 Å². The first-order valence-electron chi connectivity index (χ1n) is 9.50. The summed E-state index contributed by atoms with van der Waals surface area (Å²) in [5.41, 5.74) is 0.0973. The molecule has 0 radical (unpaired) electrons. The molecule has 0 bridgehead atoms. The third-order valence-corrected chi connectivity index (χ3v) is 5.86. The van der Waals surface area contributed by atoms with E-state index in [1.165, 1.54) is 4.90 Å². The first-order valence-corrected chi connectivity index (χ1v) is 9.50. The highest BCUT2D eigenvalue weighted by Gasteiger charge is 2.55. The van der Waals surface area contributed by atoms with Gasteiger partial charge in [-0.2, -0.15) is 5.26 Å². The van der Waals surface area contributed by atoms with Crippen molar-refractivity contribution in [2.75, 3.05) is 19.6 Å². The zero-order valence-corrected chi connectivity index (χ0v) is 15.7. The molecule has 2 heterocycles. The van der Waals surface area contributed by atoms with Crippen molar-refractivity contribution in [1.82, 2.24) is 15.1 Å². The van der Waals surface area contributed by atoms with E-state index in [0.29, 0.717) is 25.9 Å². The molecule has 3 amide bonds. The summed E-state index contributed by atoms with van der Waals surface area (Å²) in [6, 6.07) is 0.991. The Morgan fingerprint density at radius 1 is 1.32 bits per heavy atom. The van der Waals surface area contributed by atoms with Crippen LogP contribution in [-0.2, 0) is 14.4 Å². The molecule has 146 valence electrons. The number of nitrogens with zero attached hydrogens (tertiary/aromatic N) is 3. The van der Waals surface area contributed by atoms with Gasteiger partial charge in [0.2, 0.25) is 18.2 Å². The Kier molecular flexibility index (Phi) is 5.84. The molecule has 28 heavy (non-hydrogen) atoms. The molecule has 3 rings (SSSR count). The summed E-state index contributed by atoms with van der Waals surface area (Å²) in [6.07, 6.45) is 15.6. The van der Waals surface area contributed by atoms with Crippen molar-refractivity contribution in [2.45, 2.75) is 37.8 Å². The maximum absolute atomic E-state index is 13.0. The van der Waals surface area contributed by atoms with E-state index in [2.05, 4.69) is 17.3 Å². The monoisotopic (exact) mass is 380 g/mol. The molecule has 0 aromatic rings. The van der Waals surface area contributed by atoms with Gasteiger partial charge in [0, 0.05) is 19.6 Å². The molecule has 2 aliphatic heterocycles. The van der Waals surface area contributed by atoms with Crippen molar-refractivity contribution in [3.8, 4) is 18.4 Å². The van der Waals surface area contributed by atoms with Gasteiger partial charge in [0.05, 0.1) is 12.0 Å². The van der Waals surface area contributed by atoms with Crippen molar-refractivity contribution in [2.24, 2.45) is 11.3 Å². The van der Waals surface area contributed by atoms with E-state index < -0.39 is 18.0 Å². The normalized spacial score (nSPS) is 27.9. The van der Waals surface area contributed by atoms with Crippen LogP contribution in [0.3, 0.4) is 0 Å². The summed E-state index contributed by atoms with van der Waals surface area (Å²) in [4.78, 5) is 39.9. The van der Waals surface area contributed by atoms with E-state index >= 15 is 0 Å². The maximum Gasteiger partial charge on any atom is 0.246 e. The van der Waals surface area contributed by atoms with Crippen LogP contribution in [-0.4, -0.2) is 59.7 Å². The molecule has 7 nitrogen and oxygen atoms in total. The minimum absolute atomic E-state index is 0.0973. The van der Waals surface area contributed by atoms with Gasteiger partial charge in [-0.25, -0.2) is 0 Å². The molecule has 3 aliphatic rings. The molecule has 0 aromatic carbocycles. The van der Waals surface area contributed by atoms with Gasteiger partial charge in [0.25, 0.3) is 0 Å². The summed E-state index contributed by atoms with van der Waals surface area (Å²) >= 11 is 0. The summed E-state index contributed by atoms with van der Waals surface area (Å²) in [7, 11) is 0. The van der Waals surface area contributed by atoms with E-state index in [0.717, 1.165) is 19.3 Å². The van der Waals surface area contributed by atoms with Gasteiger partial charge in [0.1, 0.15) is 12.1 Å². The Morgan fingerprint density at radius 2 is 2.11 bits per heavy atom. The fraction of sp³-hybridized carbons (Fsp3) is 0.524. The zero-order valence-electron chi connectivity index (χ0n) is 15.7. The summed E-state index contributed by atoms with van der Waals surface area (Å²) in [5, 5.41) is 12.3. The van der Waals surface area contributed by atoms with Gasteiger partial charge >= 0.3 is 0 Å². The second kappa shape index (κ2) is 8.31. The number of hydrogen-bond donors (Lipinski definition) is 1. The first-order chi connectivity index (χ1) is 13.5.